The molecule has 0 aliphatic rings. The molecule has 0 fully saturated rings. The minimum atomic E-state index is -4.77. The molecule has 0 aliphatic heterocycles. The number of unbranched alkanes of at least 4 members (excludes halogenated alkanes) is 14. The molecular weight excluding hydrogens is 952 g/mol. The normalized spacial score (nSPS) is 14.3. The highest BCUT2D eigenvalue weighted by Gasteiger charge is 2.28. The summed E-state index contributed by atoms with van der Waals surface area (Å²) in [6.45, 7) is 4.27. The van der Waals surface area contributed by atoms with Gasteiger partial charge in [-0.15, -0.1) is 0 Å². The first-order chi connectivity index (χ1) is 36.2. The fourth-order valence-electron chi connectivity index (χ4n) is 7.07. The summed E-state index contributed by atoms with van der Waals surface area (Å²) in [7, 11) is -4.77. The Kier molecular flexibility index (Phi) is 52.1. The fraction of sp³-hybridized carbons (Fsp3) is 0.629. The molecular formula is C62H101O11P. The maximum atomic E-state index is 12.9. The van der Waals surface area contributed by atoms with Gasteiger partial charge in [0.15, 0.2) is 6.10 Å². The number of hydrogen-bond acceptors (Lipinski definition) is 10. The van der Waals surface area contributed by atoms with E-state index in [0.717, 1.165) is 135 Å². The van der Waals surface area contributed by atoms with Crippen molar-refractivity contribution in [2.75, 3.05) is 26.4 Å². The Balaban J connectivity index is 4.79. The van der Waals surface area contributed by atoms with E-state index < -0.39 is 57.8 Å². The summed E-state index contributed by atoms with van der Waals surface area (Å²) in [5.74, 6) is -1.57. The van der Waals surface area contributed by atoms with E-state index in [-0.39, 0.29) is 25.9 Å². The van der Waals surface area contributed by atoms with Gasteiger partial charge in [0, 0.05) is 19.3 Å². The summed E-state index contributed by atoms with van der Waals surface area (Å²) in [6.07, 6.45) is 67.4. The minimum absolute atomic E-state index is 0.0915. The lowest BCUT2D eigenvalue weighted by Gasteiger charge is -2.21. The van der Waals surface area contributed by atoms with E-state index in [1.54, 1.807) is 0 Å². The maximum absolute atomic E-state index is 12.9. The standard InChI is InChI=1S/C62H101O11P/c1-4-7-10-13-16-19-22-24-26-28-29-31-33-35-38-41-44-47-50-53-62(66)73-59(55-69-60(64)51-48-45-42-39-36-21-18-15-12-9-6-3)57-71-74(67,68)70-56-58(54-63)72-61(65)52-49-46-43-40-37-34-32-30-27-25-23-20-17-14-11-8-5-2/h7-8,10-11,15-20,24-27,29,31-32,34,40,43,58-59,63H,4-6,9,12-14,21-23,28,30,33,35-39,41-42,44-57H2,1-3H3,(H,67,68)/b10-7-,11-8-,18-15-,19-16-,20-17-,26-24-,27-25-,31-29-,34-32-,43-40-. The van der Waals surface area contributed by atoms with Gasteiger partial charge >= 0.3 is 25.7 Å². The predicted molar refractivity (Wildman–Crippen MR) is 306 cm³/mol. The third-order valence-electron chi connectivity index (χ3n) is 11.3. The van der Waals surface area contributed by atoms with Crippen molar-refractivity contribution in [3.05, 3.63) is 122 Å². The summed E-state index contributed by atoms with van der Waals surface area (Å²) in [5, 5.41) is 9.80. The second-order valence-corrected chi connectivity index (χ2v) is 19.8. The van der Waals surface area contributed by atoms with Gasteiger partial charge in [-0.05, 0) is 116 Å². The largest absolute Gasteiger partial charge is 0.472 e. The SMILES string of the molecule is CC/C=C\C/C=C\C/C=C\C/C=C\C/C=C\CCCC(=O)OC(CO)COP(=O)(O)OCC(COC(=O)CCCCCCC/C=C\CCCC)OC(=O)CCCCCCCC/C=C\C/C=C\C/C=C\C/C=C\CC. The lowest BCUT2D eigenvalue weighted by Crippen LogP contribution is -2.30. The molecule has 0 aromatic rings. The lowest BCUT2D eigenvalue weighted by atomic mass is 10.1. The van der Waals surface area contributed by atoms with E-state index in [2.05, 4.69) is 130 Å². The number of allylic oxidation sites excluding steroid dienone is 20. The molecule has 0 rings (SSSR count). The Morgan fingerprint density at radius 3 is 1.15 bits per heavy atom. The number of phosphoric ester groups is 1. The summed E-state index contributed by atoms with van der Waals surface area (Å²) in [6, 6.07) is 0. The Bertz CT molecular complexity index is 1700. The number of carbonyl (C=O) groups excluding carboxylic acids is 3. The van der Waals surface area contributed by atoms with Crippen LogP contribution in [-0.2, 0) is 42.2 Å². The maximum Gasteiger partial charge on any atom is 0.472 e. The molecule has 11 nitrogen and oxygen atoms in total. The van der Waals surface area contributed by atoms with Crippen LogP contribution >= 0.6 is 7.82 Å². The number of aliphatic hydroxyl groups excluding tert-OH is 1. The predicted octanol–water partition coefficient (Wildman–Crippen LogP) is 16.8. The van der Waals surface area contributed by atoms with Crippen LogP contribution in [-0.4, -0.2) is 66.5 Å². The molecule has 74 heavy (non-hydrogen) atoms. The van der Waals surface area contributed by atoms with Crippen molar-refractivity contribution in [3.63, 3.8) is 0 Å². The van der Waals surface area contributed by atoms with Crippen molar-refractivity contribution < 1.29 is 52.2 Å². The van der Waals surface area contributed by atoms with Gasteiger partial charge in [-0.2, -0.15) is 0 Å². The summed E-state index contributed by atoms with van der Waals surface area (Å²) < 4.78 is 39.4. The van der Waals surface area contributed by atoms with Gasteiger partial charge in [0.25, 0.3) is 0 Å². The number of phosphoric acid groups is 1. The average Bonchev–Trinajstić information content (AvgIpc) is 3.39. The number of hydrogen-bond donors (Lipinski definition) is 2. The molecule has 0 heterocycles. The number of aliphatic hydroxyl groups is 1. The van der Waals surface area contributed by atoms with Crippen molar-refractivity contribution in [2.24, 2.45) is 0 Å². The van der Waals surface area contributed by atoms with E-state index in [0.29, 0.717) is 25.7 Å². The van der Waals surface area contributed by atoms with Crippen LogP contribution < -0.4 is 0 Å². The Morgan fingerprint density at radius 1 is 0.392 bits per heavy atom. The van der Waals surface area contributed by atoms with Crippen molar-refractivity contribution in [1.82, 2.24) is 0 Å². The molecule has 0 aromatic carbocycles. The lowest BCUT2D eigenvalue weighted by molar-refractivity contribution is -0.161. The molecule has 2 N–H and O–H groups in total. The Morgan fingerprint density at radius 2 is 0.716 bits per heavy atom. The highest BCUT2D eigenvalue weighted by atomic mass is 31.2. The first kappa shape index (κ1) is 69.9. The van der Waals surface area contributed by atoms with E-state index in [1.807, 2.05) is 12.2 Å². The first-order valence-corrected chi connectivity index (χ1v) is 29.9. The van der Waals surface area contributed by atoms with Gasteiger partial charge in [0.05, 0.1) is 19.8 Å². The highest BCUT2D eigenvalue weighted by Crippen LogP contribution is 2.43. The molecule has 3 atom stereocenters. The van der Waals surface area contributed by atoms with E-state index in [1.165, 1.54) is 12.8 Å². The fourth-order valence-corrected chi connectivity index (χ4v) is 7.85. The summed E-state index contributed by atoms with van der Waals surface area (Å²) in [4.78, 5) is 48.5. The number of esters is 3. The van der Waals surface area contributed by atoms with Gasteiger partial charge in [0.2, 0.25) is 0 Å². The molecule has 0 saturated heterocycles. The number of rotatable bonds is 51. The molecule has 420 valence electrons. The van der Waals surface area contributed by atoms with Crippen molar-refractivity contribution in [1.29, 1.82) is 0 Å². The van der Waals surface area contributed by atoms with Gasteiger partial charge in [-0.1, -0.05) is 200 Å². The summed E-state index contributed by atoms with van der Waals surface area (Å²) in [5.41, 5.74) is 0. The quantitative estimate of drug-likeness (QED) is 0.0197. The topological polar surface area (TPSA) is 155 Å². The van der Waals surface area contributed by atoms with Crippen molar-refractivity contribution in [3.8, 4) is 0 Å². The molecule has 12 heteroatoms. The molecule has 0 aliphatic carbocycles. The Hall–Kier alpha value is -4.12. The first-order valence-electron chi connectivity index (χ1n) is 28.4. The van der Waals surface area contributed by atoms with Crippen LogP contribution in [0.2, 0.25) is 0 Å². The van der Waals surface area contributed by atoms with E-state index in [4.69, 9.17) is 23.3 Å². The zero-order chi connectivity index (χ0) is 54.1. The average molecular weight is 1050 g/mol. The zero-order valence-corrected chi connectivity index (χ0v) is 47.2. The van der Waals surface area contributed by atoms with Crippen LogP contribution in [0.25, 0.3) is 0 Å². The summed E-state index contributed by atoms with van der Waals surface area (Å²) >= 11 is 0. The minimum Gasteiger partial charge on any atom is -0.462 e. The second-order valence-electron chi connectivity index (χ2n) is 18.3. The molecule has 0 saturated carbocycles. The van der Waals surface area contributed by atoms with Crippen LogP contribution in [0.4, 0.5) is 0 Å². The second kappa shape index (κ2) is 55.1. The Labute approximate surface area is 449 Å². The van der Waals surface area contributed by atoms with Gasteiger partial charge < -0.3 is 24.2 Å². The van der Waals surface area contributed by atoms with Crippen LogP contribution in [0.3, 0.4) is 0 Å². The molecule has 0 radical (unpaired) electrons. The highest BCUT2D eigenvalue weighted by molar-refractivity contribution is 7.47. The third-order valence-corrected chi connectivity index (χ3v) is 12.3. The van der Waals surface area contributed by atoms with Crippen LogP contribution in [0.5, 0.6) is 0 Å². The molecule has 0 bridgehead atoms. The third kappa shape index (κ3) is 52.7. The monoisotopic (exact) mass is 1050 g/mol. The van der Waals surface area contributed by atoms with E-state index >= 15 is 0 Å². The van der Waals surface area contributed by atoms with Gasteiger partial charge in [-0.3, -0.25) is 23.4 Å². The number of ether oxygens (including phenoxy) is 3. The van der Waals surface area contributed by atoms with Crippen LogP contribution in [0, 0.1) is 0 Å². The van der Waals surface area contributed by atoms with Gasteiger partial charge in [-0.25, -0.2) is 4.57 Å². The van der Waals surface area contributed by atoms with Crippen molar-refractivity contribution >= 4 is 25.7 Å². The molecule has 3 unspecified atom stereocenters. The van der Waals surface area contributed by atoms with Crippen molar-refractivity contribution in [2.45, 2.75) is 226 Å². The van der Waals surface area contributed by atoms with E-state index in [9.17, 15) is 28.9 Å². The van der Waals surface area contributed by atoms with Crippen LogP contribution in [0.15, 0.2) is 122 Å². The molecule has 0 aromatic heterocycles. The zero-order valence-electron chi connectivity index (χ0n) is 46.3. The van der Waals surface area contributed by atoms with Crippen LogP contribution in [0.1, 0.15) is 213 Å². The van der Waals surface area contributed by atoms with Gasteiger partial charge in [0.1, 0.15) is 12.7 Å². The molecule has 0 amide bonds. The number of carbonyl (C=O) groups is 3. The smallest absolute Gasteiger partial charge is 0.462 e. The molecule has 0 spiro atoms.